The Morgan fingerprint density at radius 3 is 2.73 bits per heavy atom. The second kappa shape index (κ2) is 8.92. The van der Waals surface area contributed by atoms with Gasteiger partial charge in [-0.25, -0.2) is 19.2 Å². The molecule has 1 fully saturated rings. The number of H-pyrrole nitrogens is 1. The molecule has 3 atom stereocenters. The van der Waals surface area contributed by atoms with Crippen LogP contribution in [0.4, 0.5) is 0 Å². The van der Waals surface area contributed by atoms with Crippen molar-refractivity contribution >= 4 is 35.8 Å². The first-order valence-electron chi connectivity index (χ1n) is 9.80. The van der Waals surface area contributed by atoms with E-state index in [-0.39, 0.29) is 35.3 Å². The molecule has 1 N–H and O–H groups in total. The number of imidazole rings is 1. The lowest BCUT2D eigenvalue weighted by Crippen LogP contribution is -2.27. The monoisotopic (exact) mass is 457 g/mol. The van der Waals surface area contributed by atoms with Crippen molar-refractivity contribution in [3.8, 4) is 0 Å². The molecule has 1 saturated carbocycles. The van der Waals surface area contributed by atoms with Crippen molar-refractivity contribution in [3.63, 3.8) is 0 Å². The molecule has 0 radical (unpaired) electrons. The van der Waals surface area contributed by atoms with Crippen LogP contribution in [0.5, 0.6) is 0 Å². The summed E-state index contributed by atoms with van der Waals surface area (Å²) in [5, 5.41) is -0.0223. The van der Waals surface area contributed by atoms with Gasteiger partial charge in [-0.15, -0.1) is 0 Å². The number of rotatable bonds is 10. The lowest BCUT2D eigenvalue weighted by molar-refractivity contribution is -0.109. The Kier molecular flexibility index (Phi) is 6.88. The fourth-order valence-corrected chi connectivity index (χ4v) is 5.15. The molecule has 166 valence electrons. The molecule has 0 bridgehead atoms. The summed E-state index contributed by atoms with van der Waals surface area (Å²) in [6.07, 6.45) is 2.98. The summed E-state index contributed by atoms with van der Waals surface area (Å²) in [6, 6.07) is 0. The van der Waals surface area contributed by atoms with Crippen molar-refractivity contribution in [2.45, 2.75) is 39.2 Å². The highest BCUT2D eigenvalue weighted by Gasteiger charge is 2.55. The zero-order chi connectivity index (χ0) is 22.1. The number of carbonyl (C=O) groups excluding carboxylic acids is 1. The van der Waals surface area contributed by atoms with Crippen molar-refractivity contribution < 1.29 is 18.4 Å². The van der Waals surface area contributed by atoms with E-state index in [1.807, 2.05) is 11.5 Å². The third kappa shape index (κ3) is 4.55. The number of nitrogens with zero attached hydrogens (tertiary/aromatic N) is 4. The number of hydrogen-bond donors (Lipinski definition) is 1. The predicted octanol–water partition coefficient (Wildman–Crippen LogP) is 2.40. The Morgan fingerprint density at radius 2 is 2.17 bits per heavy atom. The van der Waals surface area contributed by atoms with E-state index < -0.39 is 13.3 Å². The number of thioether (sulfide) groups is 1. The van der Waals surface area contributed by atoms with E-state index in [0.29, 0.717) is 23.6 Å². The van der Waals surface area contributed by atoms with E-state index >= 15 is 0 Å². The van der Waals surface area contributed by atoms with Crippen molar-refractivity contribution in [1.82, 2.24) is 24.2 Å². The minimum Gasteiger partial charge on any atom is -0.309 e. The molecule has 1 aliphatic carbocycles. The quantitative estimate of drug-likeness (QED) is 0.424. The van der Waals surface area contributed by atoms with Gasteiger partial charge in [0.2, 0.25) is 0 Å². The molecule has 0 aromatic carbocycles. The zero-order valence-electron chi connectivity index (χ0n) is 17.9. The van der Waals surface area contributed by atoms with Gasteiger partial charge >= 0.3 is 7.75 Å². The Morgan fingerprint density at radius 1 is 1.47 bits per heavy atom. The number of fused-ring (bicyclic) bond motifs is 1. The molecule has 12 heteroatoms. The molecule has 0 spiro atoms. The average Bonchev–Trinajstić information content (AvgIpc) is 3.14. The van der Waals surface area contributed by atoms with Crippen LogP contribution in [-0.2, 0) is 30.4 Å². The van der Waals surface area contributed by atoms with Crippen LogP contribution in [0.1, 0.15) is 33.0 Å². The van der Waals surface area contributed by atoms with Gasteiger partial charge in [0, 0.05) is 19.1 Å². The third-order valence-electron chi connectivity index (χ3n) is 5.30. The maximum Gasteiger partial charge on any atom is 0.407 e. The van der Waals surface area contributed by atoms with Crippen LogP contribution in [0.3, 0.4) is 0 Å². The Balaban J connectivity index is 1.81. The molecule has 1 aliphatic rings. The average molecular weight is 457 g/mol. The highest BCUT2D eigenvalue weighted by atomic mass is 32.2. The summed E-state index contributed by atoms with van der Waals surface area (Å²) >= 11 is 1.11. The summed E-state index contributed by atoms with van der Waals surface area (Å²) in [5.74, 6) is 1.21. The van der Waals surface area contributed by atoms with Gasteiger partial charge in [0.05, 0.1) is 25.1 Å². The fourth-order valence-electron chi connectivity index (χ4n) is 3.33. The molecule has 2 heterocycles. The maximum absolute atomic E-state index is 13.2. The van der Waals surface area contributed by atoms with E-state index in [2.05, 4.69) is 21.9 Å². The molecule has 30 heavy (non-hydrogen) atoms. The van der Waals surface area contributed by atoms with Crippen LogP contribution in [0.2, 0.25) is 0 Å². The molecule has 2 aromatic rings. The van der Waals surface area contributed by atoms with Crippen LogP contribution >= 0.6 is 19.5 Å². The first-order valence-corrected chi connectivity index (χ1v) is 12.3. The second-order valence-electron chi connectivity index (χ2n) is 7.62. The maximum atomic E-state index is 13.2. The number of carbonyl (C=O) groups is 1. The zero-order valence-corrected chi connectivity index (χ0v) is 19.6. The van der Waals surface area contributed by atoms with Crippen molar-refractivity contribution in [2.24, 2.45) is 5.92 Å². The number of hydrogen-bond acceptors (Lipinski definition) is 8. The van der Waals surface area contributed by atoms with Crippen LogP contribution in [0, 0.1) is 5.92 Å². The van der Waals surface area contributed by atoms with Gasteiger partial charge in [-0.3, -0.25) is 18.6 Å². The van der Waals surface area contributed by atoms with Crippen molar-refractivity contribution in [3.05, 3.63) is 22.5 Å². The molecule has 10 nitrogen and oxygen atoms in total. The molecule has 0 saturated heterocycles. The number of nitrogens with one attached hydrogen (secondary N) is 1. The largest absolute Gasteiger partial charge is 0.407 e. The third-order valence-corrected chi connectivity index (χ3v) is 8.02. The van der Waals surface area contributed by atoms with Gasteiger partial charge in [0.15, 0.2) is 16.3 Å². The first kappa shape index (κ1) is 23.1. The van der Waals surface area contributed by atoms with Crippen LogP contribution in [0.25, 0.3) is 11.2 Å². The molecule has 2 aromatic heterocycles. The Labute approximate surface area is 179 Å². The van der Waals surface area contributed by atoms with Crippen molar-refractivity contribution in [1.29, 1.82) is 0 Å². The molecule has 3 unspecified atom stereocenters. The smallest absolute Gasteiger partial charge is 0.309 e. The van der Waals surface area contributed by atoms with E-state index in [4.69, 9.17) is 9.05 Å². The number of aryl methyl sites for hydroxylation is 1. The van der Waals surface area contributed by atoms with E-state index in [1.54, 1.807) is 20.4 Å². The van der Waals surface area contributed by atoms with Gasteiger partial charge in [-0.1, -0.05) is 25.6 Å². The molecular formula is C18H28N5O5PS. The fraction of sp³-hybridized carbons (Fsp3) is 0.667. The Bertz CT molecular complexity index is 1040. The molecule has 3 rings (SSSR count). The molecular weight excluding hydrogens is 429 g/mol. The number of aromatic nitrogens is 4. The Hall–Kier alpha value is -1.52. The van der Waals surface area contributed by atoms with Gasteiger partial charge in [-0.05, 0) is 26.4 Å². The van der Waals surface area contributed by atoms with E-state index in [0.717, 1.165) is 18.2 Å². The van der Waals surface area contributed by atoms with E-state index in [1.165, 1.54) is 11.6 Å². The van der Waals surface area contributed by atoms with Gasteiger partial charge in [-0.2, -0.15) is 0 Å². The summed E-state index contributed by atoms with van der Waals surface area (Å²) in [6.45, 7) is 5.72. The lowest BCUT2D eigenvalue weighted by Gasteiger charge is -2.27. The highest BCUT2D eigenvalue weighted by molar-refractivity contribution is 8.13. The van der Waals surface area contributed by atoms with Gasteiger partial charge in [0.1, 0.15) is 5.82 Å². The second-order valence-corrected chi connectivity index (χ2v) is 11.1. The summed E-state index contributed by atoms with van der Waals surface area (Å²) < 4.78 is 27.9. The molecule has 0 amide bonds. The summed E-state index contributed by atoms with van der Waals surface area (Å²) in [5.41, 5.74) is 0.00945. The SMILES string of the molecule is CCc1nc2c(ncn2C2(COP(=O)(OCCSC(C)=O)N(C)C)CC2C)c(=O)[nH]1. The number of aromatic amines is 1. The lowest BCUT2D eigenvalue weighted by atomic mass is 10.2. The van der Waals surface area contributed by atoms with E-state index in [9.17, 15) is 14.2 Å². The minimum absolute atomic E-state index is 0.0223. The normalized spacial score (nSPS) is 23.1. The first-order chi connectivity index (χ1) is 14.1. The van der Waals surface area contributed by atoms with Crippen LogP contribution in [-0.4, -0.2) is 62.4 Å². The molecule has 0 aliphatic heterocycles. The predicted molar refractivity (Wildman–Crippen MR) is 116 cm³/mol. The standard InChI is InChI=1S/C18H28N5O5PS/c1-6-14-20-16-15(17(25)21-14)19-11-23(16)18(9-12(18)2)10-28-29(26,22(4)5)27-7-8-30-13(3)24/h11-12H,6-10H2,1-5H3,(H,20,21,25). The summed E-state index contributed by atoms with van der Waals surface area (Å²) in [4.78, 5) is 34.9. The van der Waals surface area contributed by atoms with Gasteiger partial charge < -0.3 is 9.55 Å². The topological polar surface area (TPSA) is 119 Å². The highest BCUT2D eigenvalue weighted by Crippen LogP contribution is 2.57. The van der Waals surface area contributed by atoms with Crippen LogP contribution < -0.4 is 5.56 Å². The van der Waals surface area contributed by atoms with Crippen molar-refractivity contribution in [2.75, 3.05) is 33.1 Å². The van der Waals surface area contributed by atoms with Gasteiger partial charge in [0.25, 0.3) is 5.56 Å². The van der Waals surface area contributed by atoms with Crippen LogP contribution in [0.15, 0.2) is 11.1 Å². The minimum atomic E-state index is -3.53. The summed E-state index contributed by atoms with van der Waals surface area (Å²) in [7, 11) is -0.278.